The number of carboxylic acid groups (broad SMARTS) is 1. The minimum atomic E-state index is -1.31. The molecule has 0 amide bonds. The standard InChI is InChI=1S/C16H28O7/c1-6-13(17)20-9-7-15(2,3)22-10-8-16(4,5)23-12-11-21-14(18)19/h6H,1,7-12H2,2-5H3,(H,18,19). The summed E-state index contributed by atoms with van der Waals surface area (Å²) in [5, 5.41) is 8.36. The highest BCUT2D eigenvalue weighted by Gasteiger charge is 2.23. The van der Waals surface area contributed by atoms with E-state index in [9.17, 15) is 9.59 Å². The van der Waals surface area contributed by atoms with E-state index in [1.165, 1.54) is 0 Å². The van der Waals surface area contributed by atoms with E-state index in [4.69, 9.17) is 19.3 Å². The molecule has 0 aromatic rings. The summed E-state index contributed by atoms with van der Waals surface area (Å²) in [4.78, 5) is 21.2. The van der Waals surface area contributed by atoms with E-state index in [2.05, 4.69) is 11.3 Å². The van der Waals surface area contributed by atoms with Crippen LogP contribution in [0.2, 0.25) is 0 Å². The summed E-state index contributed by atoms with van der Waals surface area (Å²) in [7, 11) is 0. The van der Waals surface area contributed by atoms with Crippen molar-refractivity contribution in [3.8, 4) is 0 Å². The SMILES string of the molecule is C=CC(=O)OCCC(C)(C)OCCC(C)(C)OCCOC(=O)O. The lowest BCUT2D eigenvalue weighted by Crippen LogP contribution is -2.32. The van der Waals surface area contributed by atoms with E-state index in [0.29, 0.717) is 19.4 Å². The van der Waals surface area contributed by atoms with Crippen molar-refractivity contribution < 1.29 is 33.6 Å². The monoisotopic (exact) mass is 332 g/mol. The van der Waals surface area contributed by atoms with Crippen molar-refractivity contribution in [1.29, 1.82) is 0 Å². The van der Waals surface area contributed by atoms with Gasteiger partial charge in [-0.15, -0.1) is 0 Å². The van der Waals surface area contributed by atoms with Gasteiger partial charge in [0.1, 0.15) is 6.61 Å². The third-order valence-corrected chi connectivity index (χ3v) is 3.11. The van der Waals surface area contributed by atoms with E-state index in [-0.39, 0.29) is 19.8 Å². The Morgan fingerprint density at radius 3 is 1.96 bits per heavy atom. The Morgan fingerprint density at radius 2 is 1.43 bits per heavy atom. The largest absolute Gasteiger partial charge is 0.505 e. The van der Waals surface area contributed by atoms with Gasteiger partial charge in [0.15, 0.2) is 0 Å². The minimum Gasteiger partial charge on any atom is -0.462 e. The third-order valence-electron chi connectivity index (χ3n) is 3.11. The van der Waals surface area contributed by atoms with Crippen LogP contribution < -0.4 is 0 Å². The van der Waals surface area contributed by atoms with Crippen molar-refractivity contribution in [2.45, 2.75) is 51.7 Å². The number of rotatable bonds is 12. The topological polar surface area (TPSA) is 91.3 Å². The molecule has 0 aliphatic heterocycles. The van der Waals surface area contributed by atoms with Gasteiger partial charge in [-0.2, -0.15) is 0 Å². The lowest BCUT2D eigenvalue weighted by molar-refractivity contribution is -0.140. The number of carbonyl (C=O) groups is 2. The Kier molecular flexibility index (Phi) is 9.52. The number of carbonyl (C=O) groups excluding carboxylic acids is 1. The van der Waals surface area contributed by atoms with Crippen LogP contribution in [-0.2, 0) is 23.7 Å². The first kappa shape index (κ1) is 21.4. The van der Waals surface area contributed by atoms with Crippen molar-refractivity contribution >= 4 is 12.1 Å². The average Bonchev–Trinajstić information content (AvgIpc) is 2.42. The Bertz CT molecular complexity index is 388. The zero-order valence-corrected chi connectivity index (χ0v) is 14.4. The summed E-state index contributed by atoms with van der Waals surface area (Å²) in [6.45, 7) is 11.9. The second kappa shape index (κ2) is 10.2. The highest BCUT2D eigenvalue weighted by molar-refractivity contribution is 5.81. The van der Waals surface area contributed by atoms with Crippen LogP contribution in [-0.4, -0.2) is 54.9 Å². The maximum absolute atomic E-state index is 11.0. The first-order chi connectivity index (χ1) is 10.6. The van der Waals surface area contributed by atoms with E-state index >= 15 is 0 Å². The molecule has 0 saturated heterocycles. The van der Waals surface area contributed by atoms with Crippen LogP contribution in [0, 0.1) is 0 Å². The molecular formula is C16H28O7. The number of hydrogen-bond acceptors (Lipinski definition) is 6. The minimum absolute atomic E-state index is 0.000214. The number of esters is 1. The molecule has 0 heterocycles. The van der Waals surface area contributed by atoms with Gasteiger partial charge in [-0.25, -0.2) is 9.59 Å². The van der Waals surface area contributed by atoms with Crippen LogP contribution in [0.4, 0.5) is 4.79 Å². The number of ether oxygens (including phenoxy) is 4. The highest BCUT2D eigenvalue weighted by atomic mass is 16.7. The molecule has 0 radical (unpaired) electrons. The van der Waals surface area contributed by atoms with E-state index in [1.54, 1.807) is 0 Å². The normalized spacial score (nSPS) is 11.8. The summed E-state index contributed by atoms with van der Waals surface area (Å²) in [5.74, 6) is -0.445. The predicted octanol–water partition coefficient (Wildman–Crippen LogP) is 2.78. The van der Waals surface area contributed by atoms with Crippen LogP contribution >= 0.6 is 0 Å². The molecule has 23 heavy (non-hydrogen) atoms. The molecule has 0 bridgehead atoms. The molecule has 0 rings (SSSR count). The summed E-state index contributed by atoms with van der Waals surface area (Å²) >= 11 is 0. The second-order valence-electron chi connectivity index (χ2n) is 6.20. The van der Waals surface area contributed by atoms with Crippen LogP contribution in [0.15, 0.2) is 12.7 Å². The quantitative estimate of drug-likeness (QED) is 0.334. The van der Waals surface area contributed by atoms with Crippen LogP contribution in [0.5, 0.6) is 0 Å². The molecule has 0 unspecified atom stereocenters. The smallest absolute Gasteiger partial charge is 0.462 e. The van der Waals surface area contributed by atoms with Crippen molar-refractivity contribution in [2.24, 2.45) is 0 Å². The molecular weight excluding hydrogens is 304 g/mol. The fourth-order valence-corrected chi connectivity index (χ4v) is 1.62. The van der Waals surface area contributed by atoms with Gasteiger partial charge in [0, 0.05) is 12.5 Å². The molecule has 134 valence electrons. The Balaban J connectivity index is 3.93. The van der Waals surface area contributed by atoms with Gasteiger partial charge in [0.25, 0.3) is 0 Å². The van der Waals surface area contributed by atoms with Crippen LogP contribution in [0.1, 0.15) is 40.5 Å². The first-order valence-electron chi connectivity index (χ1n) is 7.51. The molecule has 0 aromatic heterocycles. The molecule has 7 nitrogen and oxygen atoms in total. The van der Waals surface area contributed by atoms with Crippen molar-refractivity contribution in [1.82, 2.24) is 0 Å². The van der Waals surface area contributed by atoms with Gasteiger partial charge in [-0.3, -0.25) is 0 Å². The molecule has 1 N–H and O–H groups in total. The van der Waals surface area contributed by atoms with E-state index in [0.717, 1.165) is 6.08 Å². The van der Waals surface area contributed by atoms with Gasteiger partial charge < -0.3 is 24.1 Å². The molecule has 0 aliphatic rings. The van der Waals surface area contributed by atoms with Gasteiger partial charge >= 0.3 is 12.1 Å². The van der Waals surface area contributed by atoms with Crippen LogP contribution in [0.3, 0.4) is 0 Å². The zero-order valence-electron chi connectivity index (χ0n) is 14.4. The predicted molar refractivity (Wildman–Crippen MR) is 84.4 cm³/mol. The van der Waals surface area contributed by atoms with E-state index in [1.807, 2.05) is 27.7 Å². The Hall–Kier alpha value is -1.60. The lowest BCUT2D eigenvalue weighted by atomic mass is 10.0. The third kappa shape index (κ3) is 12.6. The summed E-state index contributed by atoms with van der Waals surface area (Å²) in [6.07, 6.45) is 1.02. The van der Waals surface area contributed by atoms with Crippen LogP contribution in [0.25, 0.3) is 0 Å². The van der Waals surface area contributed by atoms with Gasteiger partial charge in [0.05, 0.1) is 31.0 Å². The molecule has 0 saturated carbocycles. The summed E-state index contributed by atoms with van der Waals surface area (Å²) in [6, 6.07) is 0. The number of hydrogen-bond donors (Lipinski definition) is 1. The van der Waals surface area contributed by atoms with Crippen molar-refractivity contribution in [3.63, 3.8) is 0 Å². The maximum atomic E-state index is 11.0. The fraction of sp³-hybridized carbons (Fsp3) is 0.750. The zero-order chi connectivity index (χ0) is 17.9. The molecule has 0 aromatic carbocycles. The second-order valence-corrected chi connectivity index (χ2v) is 6.20. The maximum Gasteiger partial charge on any atom is 0.505 e. The average molecular weight is 332 g/mol. The highest BCUT2D eigenvalue weighted by Crippen LogP contribution is 2.19. The van der Waals surface area contributed by atoms with Crippen molar-refractivity contribution in [2.75, 3.05) is 26.4 Å². The summed E-state index contributed by atoms with van der Waals surface area (Å²) in [5.41, 5.74) is -0.878. The molecule has 7 heteroatoms. The van der Waals surface area contributed by atoms with Gasteiger partial charge in [0.2, 0.25) is 0 Å². The lowest BCUT2D eigenvalue weighted by Gasteiger charge is -2.29. The molecule has 0 atom stereocenters. The molecule has 0 fully saturated rings. The van der Waals surface area contributed by atoms with E-state index < -0.39 is 23.3 Å². The Morgan fingerprint density at radius 1 is 0.913 bits per heavy atom. The van der Waals surface area contributed by atoms with Crippen molar-refractivity contribution in [3.05, 3.63) is 12.7 Å². The van der Waals surface area contributed by atoms with Gasteiger partial charge in [-0.1, -0.05) is 6.58 Å². The van der Waals surface area contributed by atoms with Gasteiger partial charge in [-0.05, 0) is 34.1 Å². The molecule has 0 spiro atoms. The first-order valence-corrected chi connectivity index (χ1v) is 7.51. The summed E-state index contributed by atoms with van der Waals surface area (Å²) < 4.78 is 20.7. The fourth-order valence-electron chi connectivity index (χ4n) is 1.62. The Labute approximate surface area is 137 Å². The molecule has 0 aliphatic carbocycles.